The van der Waals surface area contributed by atoms with Gasteiger partial charge in [0.05, 0.1) is 38.6 Å². The van der Waals surface area contributed by atoms with Crippen LogP contribution in [-0.4, -0.2) is 76.1 Å². The van der Waals surface area contributed by atoms with Crippen molar-refractivity contribution < 1.29 is 39.2 Å². The summed E-state index contributed by atoms with van der Waals surface area (Å²) in [5, 5.41) is 35.4. The molecule has 2 unspecified atom stereocenters. The molecule has 0 heterocycles. The van der Waals surface area contributed by atoms with Crippen LogP contribution < -0.4 is 0 Å². The third-order valence-corrected chi connectivity index (χ3v) is 2.17. The molecule has 0 fully saturated rings. The van der Waals surface area contributed by atoms with Crippen molar-refractivity contribution in [3.8, 4) is 0 Å². The quantitative estimate of drug-likeness (QED) is 0.295. The highest BCUT2D eigenvalue weighted by molar-refractivity contribution is 6.76. The average molecular weight is 355 g/mol. The number of hydrogen-bond donors (Lipinski definition) is 4. The van der Waals surface area contributed by atoms with E-state index in [-0.39, 0.29) is 0 Å². The number of hydrogen-bond acceptors (Lipinski definition) is 8. The highest BCUT2D eigenvalue weighted by Gasteiger charge is 2.38. The summed E-state index contributed by atoms with van der Waals surface area (Å²) in [4.78, 5) is 11.3. The summed E-state index contributed by atoms with van der Waals surface area (Å²) in [5.74, 6) is -1.30. The molecule has 0 aliphatic heterocycles. The predicted molar refractivity (Wildman–Crippen MR) is 70.2 cm³/mol. The van der Waals surface area contributed by atoms with Gasteiger partial charge in [-0.1, -0.05) is 34.8 Å². The molecule has 118 valence electrons. The van der Waals surface area contributed by atoms with Gasteiger partial charge in [-0.05, 0) is 0 Å². The molecule has 0 rings (SSSR count). The molecule has 0 spiro atoms. The predicted octanol–water partition coefficient (Wildman–Crippen LogP) is -1.38. The van der Waals surface area contributed by atoms with Gasteiger partial charge in [0.2, 0.25) is 0 Å². The van der Waals surface area contributed by atoms with Crippen LogP contribution in [0.15, 0.2) is 0 Å². The van der Waals surface area contributed by atoms with Crippen molar-refractivity contribution in [1.82, 2.24) is 0 Å². The van der Waals surface area contributed by atoms with Crippen molar-refractivity contribution in [2.24, 2.45) is 0 Å². The summed E-state index contributed by atoms with van der Waals surface area (Å²) < 4.78 is 11.8. The van der Waals surface area contributed by atoms with Gasteiger partial charge in [0, 0.05) is 0 Å². The number of alkyl halides is 3. The van der Waals surface area contributed by atoms with Crippen LogP contribution in [0.5, 0.6) is 0 Å². The van der Waals surface area contributed by atoms with Crippen molar-refractivity contribution >= 4 is 48.1 Å². The zero-order valence-electron chi connectivity index (χ0n) is 10.1. The van der Waals surface area contributed by atoms with E-state index in [1.54, 1.807) is 0 Å². The minimum atomic E-state index is -2.36. The fourth-order valence-electron chi connectivity index (χ4n) is 0.755. The smallest absolute Gasteiger partial charge is 0.482 e. The van der Waals surface area contributed by atoms with Crippen molar-refractivity contribution in [2.45, 2.75) is 16.0 Å². The Morgan fingerprint density at radius 2 is 1.45 bits per heavy atom. The van der Waals surface area contributed by atoms with E-state index in [1.165, 1.54) is 0 Å². The Labute approximate surface area is 130 Å². The lowest BCUT2D eigenvalue weighted by Gasteiger charge is -2.18. The molecule has 0 saturated heterocycles. The maximum Gasteiger partial charge on any atom is 0.715 e. The average Bonchev–Trinajstić information content (AvgIpc) is 2.39. The Kier molecular flexibility index (Phi) is 10.1. The molecule has 0 amide bonds. The molecular weight excluding hydrogens is 341 g/mol. The summed E-state index contributed by atoms with van der Waals surface area (Å²) in [6, 6.07) is 0. The van der Waals surface area contributed by atoms with Crippen LogP contribution in [0.3, 0.4) is 0 Å². The van der Waals surface area contributed by atoms with Gasteiger partial charge < -0.3 is 34.4 Å². The molecule has 0 aliphatic carbocycles. The van der Waals surface area contributed by atoms with Crippen molar-refractivity contribution in [3.05, 3.63) is 0 Å². The number of aliphatic hydroxyl groups excluding tert-OH is 4. The normalized spacial score (nSPS) is 14.8. The molecule has 8 nitrogen and oxygen atoms in total. The van der Waals surface area contributed by atoms with E-state index in [0.29, 0.717) is 0 Å². The third kappa shape index (κ3) is 9.17. The first-order chi connectivity index (χ1) is 9.20. The molecule has 0 radical (unpaired) electrons. The molecule has 20 heavy (non-hydrogen) atoms. The summed E-state index contributed by atoms with van der Waals surface area (Å²) in [6.07, 6.45) is -2.48. The summed E-state index contributed by atoms with van der Waals surface area (Å²) in [5.41, 5.74) is 0. The molecule has 0 aliphatic rings. The molecule has 2 atom stereocenters. The topological polar surface area (TPSA) is 126 Å². The molecule has 0 bridgehead atoms. The van der Waals surface area contributed by atoms with E-state index in [2.05, 4.69) is 4.65 Å². The Morgan fingerprint density at radius 1 is 1.05 bits per heavy atom. The number of carbonyl (C=O) groups is 1. The van der Waals surface area contributed by atoms with Gasteiger partial charge in [0.25, 0.3) is 3.79 Å². The van der Waals surface area contributed by atoms with E-state index in [4.69, 9.17) is 64.5 Å². The second-order valence-corrected chi connectivity index (χ2v) is 5.81. The van der Waals surface area contributed by atoms with E-state index in [1.807, 2.05) is 0 Å². The SMILES string of the molecule is O=C(OB(OCC(O)CO)OCC(O)CO)C(Cl)(Cl)Cl. The van der Waals surface area contributed by atoms with E-state index in [0.717, 1.165) is 0 Å². The lowest BCUT2D eigenvalue weighted by molar-refractivity contribution is -0.137. The Bertz CT molecular complexity index is 275. The van der Waals surface area contributed by atoms with Crippen LogP contribution in [0.4, 0.5) is 0 Å². The zero-order chi connectivity index (χ0) is 15.8. The monoisotopic (exact) mass is 354 g/mol. The van der Waals surface area contributed by atoms with Gasteiger partial charge in [0.15, 0.2) is 0 Å². The van der Waals surface area contributed by atoms with Gasteiger partial charge in [-0.25, -0.2) is 4.79 Å². The fraction of sp³-hybridized carbons (Fsp3) is 0.875. The minimum absolute atomic E-state index is 0.441. The highest BCUT2D eigenvalue weighted by Crippen LogP contribution is 2.27. The zero-order valence-corrected chi connectivity index (χ0v) is 12.4. The van der Waals surface area contributed by atoms with Gasteiger partial charge >= 0.3 is 13.3 Å². The van der Waals surface area contributed by atoms with Gasteiger partial charge in [-0.15, -0.1) is 0 Å². The third-order valence-electron chi connectivity index (χ3n) is 1.71. The Hall–Kier alpha value is 0.165. The standard InChI is InChI=1S/C8H14BCl3O8/c10-8(11,12)7(17)20-9(18-3-5(15)1-13)19-4-6(16)2-14/h5-6,13-16H,1-4H2. The fourth-order valence-corrected chi connectivity index (χ4v) is 0.889. The van der Waals surface area contributed by atoms with Crippen molar-refractivity contribution in [2.75, 3.05) is 26.4 Å². The van der Waals surface area contributed by atoms with Crippen LogP contribution in [0.1, 0.15) is 0 Å². The molecule has 12 heteroatoms. The van der Waals surface area contributed by atoms with Gasteiger partial charge in [-0.2, -0.15) is 0 Å². The first-order valence-corrected chi connectivity index (χ1v) is 6.43. The van der Waals surface area contributed by atoms with Crippen molar-refractivity contribution in [3.63, 3.8) is 0 Å². The maximum absolute atomic E-state index is 11.3. The van der Waals surface area contributed by atoms with E-state index >= 15 is 0 Å². The van der Waals surface area contributed by atoms with Crippen LogP contribution in [0.25, 0.3) is 0 Å². The Balaban J connectivity index is 4.42. The second-order valence-electron chi connectivity index (χ2n) is 3.53. The van der Waals surface area contributed by atoms with Crippen LogP contribution in [0, 0.1) is 0 Å². The maximum atomic E-state index is 11.3. The lowest BCUT2D eigenvalue weighted by atomic mass is 10.2. The summed E-state index contributed by atoms with van der Waals surface area (Å²) >= 11 is 15.8. The lowest BCUT2D eigenvalue weighted by Crippen LogP contribution is -2.39. The first kappa shape index (κ1) is 20.2. The number of aliphatic hydroxyl groups is 4. The largest absolute Gasteiger partial charge is 0.715 e. The number of carbonyl (C=O) groups excluding carboxylic acids is 1. The molecule has 0 aromatic rings. The van der Waals surface area contributed by atoms with Gasteiger partial charge in [-0.3, -0.25) is 0 Å². The van der Waals surface area contributed by atoms with Crippen LogP contribution in [0.2, 0.25) is 0 Å². The molecule has 0 aromatic heterocycles. The first-order valence-electron chi connectivity index (χ1n) is 5.29. The van der Waals surface area contributed by atoms with Crippen molar-refractivity contribution in [1.29, 1.82) is 0 Å². The Morgan fingerprint density at radius 3 is 1.75 bits per heavy atom. The minimum Gasteiger partial charge on any atom is -0.482 e. The highest BCUT2D eigenvalue weighted by atomic mass is 35.6. The molecular formula is C8H14BCl3O8. The molecule has 0 aromatic carbocycles. The van der Waals surface area contributed by atoms with E-state index < -0.39 is 55.7 Å². The van der Waals surface area contributed by atoms with E-state index in [9.17, 15) is 4.79 Å². The number of rotatable bonds is 9. The second kappa shape index (κ2) is 9.99. The number of halogens is 3. The molecule has 0 saturated carbocycles. The van der Waals surface area contributed by atoms with Crippen LogP contribution in [-0.2, 0) is 18.8 Å². The van der Waals surface area contributed by atoms with Gasteiger partial charge in [0.1, 0.15) is 0 Å². The summed E-state index contributed by atoms with van der Waals surface area (Å²) in [6.45, 7) is -2.07. The van der Waals surface area contributed by atoms with Crippen LogP contribution >= 0.6 is 34.8 Å². The molecule has 4 N–H and O–H groups in total. The summed E-state index contributed by atoms with van der Waals surface area (Å²) in [7, 11) is -1.69.